The number of sulfonamides is 1. The summed E-state index contributed by atoms with van der Waals surface area (Å²) in [5.41, 5.74) is 1.16. The predicted octanol–water partition coefficient (Wildman–Crippen LogP) is 2.49. The monoisotopic (exact) mass is 406 g/mol. The number of carbonyl (C=O) groups excluding carboxylic acids is 2. The number of carbonyl (C=O) groups is 2. The Kier molecular flexibility index (Phi) is 5.22. The number of amides is 1. The number of ether oxygens (including phenoxy) is 1. The van der Waals surface area contributed by atoms with Gasteiger partial charge in [-0.1, -0.05) is 13.0 Å². The minimum Gasteiger partial charge on any atom is -0.483 e. The van der Waals surface area contributed by atoms with Crippen LogP contribution in [0.4, 0.5) is 10.1 Å². The first-order chi connectivity index (χ1) is 13.1. The van der Waals surface area contributed by atoms with Crippen molar-refractivity contribution in [3.05, 3.63) is 52.8 Å². The van der Waals surface area contributed by atoms with Crippen molar-refractivity contribution in [3.63, 3.8) is 0 Å². The second-order valence-corrected chi connectivity index (χ2v) is 8.25. The van der Waals surface area contributed by atoms with Gasteiger partial charge in [0, 0.05) is 17.7 Å². The molecule has 0 saturated carbocycles. The Morgan fingerprint density at radius 1 is 1.32 bits per heavy atom. The number of hydrogen-bond acceptors (Lipinski definition) is 5. The van der Waals surface area contributed by atoms with Crippen molar-refractivity contribution < 1.29 is 27.1 Å². The van der Waals surface area contributed by atoms with Crippen LogP contribution in [0, 0.1) is 12.7 Å². The third-order valence-corrected chi connectivity index (χ3v) is 5.61. The molecule has 1 aliphatic rings. The van der Waals surface area contributed by atoms with Gasteiger partial charge in [0.2, 0.25) is 10.0 Å². The fraction of sp³-hybridized carbons (Fsp3) is 0.263. The summed E-state index contributed by atoms with van der Waals surface area (Å²) < 4.78 is 42.6. The second kappa shape index (κ2) is 7.33. The molecular weight excluding hydrogens is 387 g/mol. The molecule has 0 aromatic heterocycles. The summed E-state index contributed by atoms with van der Waals surface area (Å²) in [6.45, 7) is 2.91. The van der Waals surface area contributed by atoms with E-state index >= 15 is 0 Å². The van der Waals surface area contributed by atoms with E-state index in [4.69, 9.17) is 9.88 Å². The van der Waals surface area contributed by atoms with Crippen LogP contribution in [-0.4, -0.2) is 26.7 Å². The number of Topliss-reactive ketones (excluding diaryl/α,β-unsaturated/α-hetero) is 1. The van der Waals surface area contributed by atoms with Gasteiger partial charge in [0.05, 0.1) is 10.5 Å². The van der Waals surface area contributed by atoms with E-state index in [-0.39, 0.29) is 40.0 Å². The highest BCUT2D eigenvalue weighted by molar-refractivity contribution is 7.89. The van der Waals surface area contributed by atoms with E-state index in [0.29, 0.717) is 11.1 Å². The quantitative estimate of drug-likeness (QED) is 0.791. The molecule has 1 amide bonds. The molecule has 3 N–H and O–H groups in total. The molecule has 7 nitrogen and oxygen atoms in total. The van der Waals surface area contributed by atoms with Gasteiger partial charge in [-0.15, -0.1) is 0 Å². The largest absolute Gasteiger partial charge is 0.483 e. The number of fused-ring (bicyclic) bond motifs is 1. The van der Waals surface area contributed by atoms with Crippen LogP contribution in [0.25, 0.3) is 0 Å². The Hall–Kier alpha value is -2.78. The lowest BCUT2D eigenvalue weighted by Crippen LogP contribution is -2.21. The number of hydrogen-bond donors (Lipinski definition) is 2. The Morgan fingerprint density at radius 2 is 2.04 bits per heavy atom. The molecular formula is C19H19FN2O5S. The molecule has 2 aromatic carbocycles. The molecule has 0 unspecified atom stereocenters. The van der Waals surface area contributed by atoms with Crippen LogP contribution in [-0.2, 0) is 14.8 Å². The van der Waals surface area contributed by atoms with Crippen molar-refractivity contribution in [2.24, 2.45) is 5.14 Å². The Bertz CT molecular complexity index is 1080. The smallest absolute Gasteiger partial charge is 0.262 e. The van der Waals surface area contributed by atoms with Crippen molar-refractivity contribution in [2.45, 2.75) is 31.1 Å². The summed E-state index contributed by atoms with van der Waals surface area (Å²) in [6.07, 6.45) is 0.193. The number of benzene rings is 2. The summed E-state index contributed by atoms with van der Waals surface area (Å²) >= 11 is 0. The third kappa shape index (κ3) is 3.90. The fourth-order valence-corrected chi connectivity index (χ4v) is 4.08. The summed E-state index contributed by atoms with van der Waals surface area (Å²) in [5.74, 6) is -1.37. The van der Waals surface area contributed by atoms with Gasteiger partial charge < -0.3 is 10.1 Å². The lowest BCUT2D eigenvalue weighted by molar-refractivity contribution is -0.118. The molecule has 0 fully saturated rings. The maximum atomic E-state index is 14.0. The minimum absolute atomic E-state index is 0.0952. The first-order valence-corrected chi connectivity index (χ1v) is 10.0. The third-order valence-electron chi connectivity index (χ3n) is 4.55. The van der Waals surface area contributed by atoms with Gasteiger partial charge in [-0.25, -0.2) is 17.9 Å². The molecule has 1 atom stereocenters. The topological polar surface area (TPSA) is 116 Å². The van der Waals surface area contributed by atoms with E-state index in [1.165, 1.54) is 30.3 Å². The predicted molar refractivity (Wildman–Crippen MR) is 100 cm³/mol. The summed E-state index contributed by atoms with van der Waals surface area (Å²) in [6, 6.07) is 6.83. The number of nitrogens with two attached hydrogens (primary N) is 1. The van der Waals surface area contributed by atoms with Crippen LogP contribution >= 0.6 is 0 Å². The molecule has 0 radical (unpaired) electrons. The van der Waals surface area contributed by atoms with E-state index in [9.17, 15) is 22.4 Å². The van der Waals surface area contributed by atoms with Gasteiger partial charge in [-0.3, -0.25) is 9.59 Å². The maximum Gasteiger partial charge on any atom is 0.262 e. The van der Waals surface area contributed by atoms with Gasteiger partial charge in [-0.05, 0) is 42.7 Å². The average molecular weight is 406 g/mol. The molecule has 0 saturated heterocycles. The number of rotatable bonds is 5. The molecule has 0 heterocycles. The van der Waals surface area contributed by atoms with Gasteiger partial charge in [-0.2, -0.15) is 0 Å². The first-order valence-electron chi connectivity index (χ1n) is 8.49. The number of halogens is 1. The fourth-order valence-electron chi connectivity index (χ4n) is 3.27. The Balaban J connectivity index is 1.74. The van der Waals surface area contributed by atoms with E-state index in [1.807, 2.05) is 0 Å². The van der Waals surface area contributed by atoms with Crippen LogP contribution in [0.5, 0.6) is 5.75 Å². The van der Waals surface area contributed by atoms with Crippen LogP contribution < -0.4 is 15.2 Å². The van der Waals surface area contributed by atoms with Crippen molar-refractivity contribution >= 4 is 27.4 Å². The maximum absolute atomic E-state index is 14.0. The molecule has 28 heavy (non-hydrogen) atoms. The molecule has 1 aliphatic carbocycles. The second-order valence-electron chi connectivity index (χ2n) is 6.72. The van der Waals surface area contributed by atoms with Crippen LogP contribution in [0.3, 0.4) is 0 Å². The summed E-state index contributed by atoms with van der Waals surface area (Å²) in [5, 5.41) is 7.66. The molecule has 0 aliphatic heterocycles. The summed E-state index contributed by atoms with van der Waals surface area (Å²) in [7, 11) is -3.92. The SMILES string of the molecule is Cc1ccc(NC(=O)COc2ccc(F)c3c2C(=O)C[C@@H]3C)cc1S(N)(=O)=O. The highest BCUT2D eigenvalue weighted by Gasteiger charge is 2.32. The van der Waals surface area contributed by atoms with E-state index < -0.39 is 28.4 Å². The van der Waals surface area contributed by atoms with Gasteiger partial charge in [0.1, 0.15) is 11.6 Å². The molecule has 148 valence electrons. The van der Waals surface area contributed by atoms with Crippen LogP contribution in [0.2, 0.25) is 0 Å². The molecule has 0 spiro atoms. The number of nitrogens with one attached hydrogen (secondary N) is 1. The van der Waals surface area contributed by atoms with Crippen molar-refractivity contribution in [1.82, 2.24) is 0 Å². The van der Waals surface area contributed by atoms with E-state index in [2.05, 4.69) is 5.32 Å². The van der Waals surface area contributed by atoms with Crippen molar-refractivity contribution in [2.75, 3.05) is 11.9 Å². The Labute approximate surface area is 161 Å². The number of primary sulfonamides is 1. The minimum atomic E-state index is -3.92. The molecule has 9 heteroatoms. The lowest BCUT2D eigenvalue weighted by atomic mass is 10.0. The number of anilines is 1. The molecule has 0 bridgehead atoms. The van der Waals surface area contributed by atoms with Gasteiger partial charge in [0.15, 0.2) is 12.4 Å². The summed E-state index contributed by atoms with van der Waals surface area (Å²) in [4.78, 5) is 24.2. The number of ketones is 1. The Morgan fingerprint density at radius 3 is 2.71 bits per heavy atom. The normalized spacial score (nSPS) is 16.0. The average Bonchev–Trinajstić information content (AvgIpc) is 2.91. The standard InChI is InChI=1S/C19H19FN2O5S/c1-10-3-4-12(8-16(10)28(21,25)26)22-17(24)9-27-15-6-5-13(20)18-11(2)7-14(23)19(15)18/h3-6,8,11H,7,9H2,1-2H3,(H,22,24)(H2,21,25,26)/t11-/m0/s1. The van der Waals surface area contributed by atoms with Crippen LogP contribution in [0.1, 0.15) is 40.7 Å². The zero-order valence-corrected chi connectivity index (χ0v) is 16.1. The molecule has 3 rings (SSSR count). The van der Waals surface area contributed by atoms with Gasteiger partial charge in [0.25, 0.3) is 5.91 Å². The highest BCUT2D eigenvalue weighted by Crippen LogP contribution is 2.39. The van der Waals surface area contributed by atoms with Gasteiger partial charge >= 0.3 is 0 Å². The first kappa shape index (κ1) is 20.0. The lowest BCUT2D eigenvalue weighted by Gasteiger charge is -2.12. The zero-order valence-electron chi connectivity index (χ0n) is 15.3. The van der Waals surface area contributed by atoms with Crippen molar-refractivity contribution in [3.8, 4) is 5.75 Å². The van der Waals surface area contributed by atoms with E-state index in [0.717, 1.165) is 0 Å². The molecule has 2 aromatic rings. The highest BCUT2D eigenvalue weighted by atomic mass is 32.2. The van der Waals surface area contributed by atoms with Crippen LogP contribution in [0.15, 0.2) is 35.2 Å². The van der Waals surface area contributed by atoms with Crippen molar-refractivity contribution in [1.29, 1.82) is 0 Å². The zero-order chi connectivity index (χ0) is 20.6. The van der Waals surface area contributed by atoms with E-state index in [1.54, 1.807) is 13.8 Å². The number of aryl methyl sites for hydroxylation is 1.